The van der Waals surface area contributed by atoms with Crippen LogP contribution in [0.1, 0.15) is 18.2 Å². The Morgan fingerprint density at radius 3 is 2.50 bits per heavy atom. The molecule has 1 amide bonds. The molecule has 0 unspecified atom stereocenters. The number of carbonyl (C=O) groups excluding carboxylic acids is 2. The fraction of sp³-hybridized carbons (Fsp3) is 0.238. The molecule has 1 aromatic heterocycles. The molecule has 168 valence electrons. The van der Waals surface area contributed by atoms with Crippen LogP contribution in [0.4, 0.5) is 18.9 Å². The van der Waals surface area contributed by atoms with E-state index in [0.717, 1.165) is 22.9 Å². The number of rotatable bonds is 6. The average molecular weight is 512 g/mol. The first-order chi connectivity index (χ1) is 15.1. The molecule has 1 N–H and O–H groups in total. The Hall–Kier alpha value is -3.21. The van der Waals surface area contributed by atoms with Crippen LogP contribution < -0.4 is 10.9 Å². The number of anilines is 1. The highest BCUT2D eigenvalue weighted by molar-refractivity contribution is 9.10. The third kappa shape index (κ3) is 5.34. The van der Waals surface area contributed by atoms with E-state index < -0.39 is 35.7 Å². The van der Waals surface area contributed by atoms with Crippen LogP contribution in [-0.2, 0) is 33.5 Å². The predicted molar refractivity (Wildman–Crippen MR) is 114 cm³/mol. The molecule has 0 fully saturated rings. The normalized spacial score (nSPS) is 11.4. The van der Waals surface area contributed by atoms with E-state index in [4.69, 9.17) is 4.74 Å². The van der Waals surface area contributed by atoms with Crippen LogP contribution >= 0.6 is 15.9 Å². The molecule has 0 saturated carbocycles. The summed E-state index contributed by atoms with van der Waals surface area (Å²) >= 11 is 3.09. The molecule has 3 aromatic rings. The molecule has 11 heteroatoms. The number of alkyl halides is 3. The van der Waals surface area contributed by atoms with E-state index >= 15 is 0 Å². The predicted octanol–water partition coefficient (Wildman–Crippen LogP) is 3.92. The van der Waals surface area contributed by atoms with E-state index in [-0.39, 0.29) is 34.3 Å². The number of halogens is 4. The summed E-state index contributed by atoms with van der Waals surface area (Å²) in [6.07, 6.45) is -4.80. The third-order valence-electron chi connectivity index (χ3n) is 4.42. The van der Waals surface area contributed by atoms with Gasteiger partial charge in [-0.1, -0.05) is 18.2 Å². The maximum atomic E-state index is 13.0. The molecule has 0 aliphatic carbocycles. The lowest BCUT2D eigenvalue weighted by Crippen LogP contribution is -2.31. The van der Waals surface area contributed by atoms with E-state index in [1.165, 1.54) is 6.07 Å². The van der Waals surface area contributed by atoms with Gasteiger partial charge in [-0.25, -0.2) is 4.68 Å². The molecule has 2 aromatic carbocycles. The van der Waals surface area contributed by atoms with Crippen molar-refractivity contribution in [1.29, 1.82) is 0 Å². The monoisotopic (exact) mass is 511 g/mol. The first kappa shape index (κ1) is 23.5. The molecule has 32 heavy (non-hydrogen) atoms. The van der Waals surface area contributed by atoms with Crippen molar-refractivity contribution >= 4 is 44.3 Å². The highest BCUT2D eigenvalue weighted by Crippen LogP contribution is 2.34. The topological polar surface area (TPSA) is 90.3 Å². The minimum atomic E-state index is -4.58. The largest absolute Gasteiger partial charge is 0.466 e. The van der Waals surface area contributed by atoms with Gasteiger partial charge in [-0.2, -0.15) is 18.3 Å². The zero-order chi connectivity index (χ0) is 23.5. The highest BCUT2D eigenvalue weighted by atomic mass is 79.9. The lowest BCUT2D eigenvalue weighted by atomic mass is 10.1. The zero-order valence-corrected chi connectivity index (χ0v) is 18.3. The lowest BCUT2D eigenvalue weighted by Gasteiger charge is -2.13. The van der Waals surface area contributed by atoms with Crippen LogP contribution in [0.25, 0.3) is 10.8 Å². The summed E-state index contributed by atoms with van der Waals surface area (Å²) in [6.45, 7) is 1.26. The maximum Gasteiger partial charge on any atom is 0.416 e. The van der Waals surface area contributed by atoms with E-state index in [1.807, 2.05) is 0 Å². The van der Waals surface area contributed by atoms with Crippen molar-refractivity contribution < 1.29 is 27.5 Å². The van der Waals surface area contributed by atoms with E-state index in [9.17, 15) is 27.6 Å². The van der Waals surface area contributed by atoms with Crippen LogP contribution in [0.2, 0.25) is 0 Å². The van der Waals surface area contributed by atoms with Gasteiger partial charge < -0.3 is 10.1 Å². The Kier molecular flexibility index (Phi) is 6.97. The number of aromatic nitrogens is 2. The Balaban J connectivity index is 1.92. The fourth-order valence-electron chi connectivity index (χ4n) is 3.01. The van der Waals surface area contributed by atoms with Crippen LogP contribution in [0.5, 0.6) is 0 Å². The summed E-state index contributed by atoms with van der Waals surface area (Å²) in [6, 6.07) is 9.29. The number of fused-ring (bicyclic) bond motifs is 1. The summed E-state index contributed by atoms with van der Waals surface area (Å²) in [5, 5.41) is 7.18. The number of nitrogens with zero attached hydrogens (tertiary/aromatic N) is 2. The van der Waals surface area contributed by atoms with Gasteiger partial charge in [-0.05, 0) is 47.1 Å². The molecular formula is C21H17BrF3N3O4. The number of amides is 1. The summed E-state index contributed by atoms with van der Waals surface area (Å²) < 4.78 is 44.9. The Labute approximate surface area is 188 Å². The van der Waals surface area contributed by atoms with E-state index in [1.54, 1.807) is 25.1 Å². The first-order valence-corrected chi connectivity index (χ1v) is 10.2. The quantitative estimate of drug-likeness (QED) is 0.506. The second-order valence-electron chi connectivity index (χ2n) is 6.68. The zero-order valence-electron chi connectivity index (χ0n) is 16.7. The van der Waals surface area contributed by atoms with E-state index in [0.29, 0.717) is 5.39 Å². The van der Waals surface area contributed by atoms with Crippen molar-refractivity contribution in [3.63, 3.8) is 0 Å². The number of hydrogen-bond donors (Lipinski definition) is 1. The van der Waals surface area contributed by atoms with Crippen LogP contribution in [0.15, 0.2) is 51.7 Å². The minimum Gasteiger partial charge on any atom is -0.466 e. The summed E-state index contributed by atoms with van der Waals surface area (Å²) in [5.41, 5.74) is -1.38. The van der Waals surface area contributed by atoms with Gasteiger partial charge in [0.2, 0.25) is 5.91 Å². The van der Waals surface area contributed by atoms with Gasteiger partial charge in [0.25, 0.3) is 5.56 Å². The minimum absolute atomic E-state index is 0.106. The molecule has 0 aliphatic heterocycles. The molecule has 0 bridgehead atoms. The van der Waals surface area contributed by atoms with Crippen molar-refractivity contribution in [2.75, 3.05) is 11.9 Å². The second-order valence-corrected chi connectivity index (χ2v) is 7.53. The number of esters is 1. The van der Waals surface area contributed by atoms with E-state index in [2.05, 4.69) is 26.3 Å². The van der Waals surface area contributed by atoms with Gasteiger partial charge >= 0.3 is 12.1 Å². The van der Waals surface area contributed by atoms with Gasteiger partial charge in [0.05, 0.1) is 35.4 Å². The molecule has 0 spiro atoms. The maximum absolute atomic E-state index is 13.0. The molecule has 0 atom stereocenters. The van der Waals surface area contributed by atoms with Crippen molar-refractivity contribution in [2.45, 2.75) is 26.1 Å². The molecule has 0 aliphatic rings. The molecule has 1 heterocycles. The fourth-order valence-corrected chi connectivity index (χ4v) is 3.36. The molecular weight excluding hydrogens is 495 g/mol. The summed E-state index contributed by atoms with van der Waals surface area (Å²) in [7, 11) is 0. The van der Waals surface area contributed by atoms with Gasteiger partial charge in [0.1, 0.15) is 6.54 Å². The Bertz CT molecular complexity index is 1240. The van der Waals surface area contributed by atoms with Crippen molar-refractivity contribution in [3.05, 3.63) is 68.5 Å². The summed E-state index contributed by atoms with van der Waals surface area (Å²) in [4.78, 5) is 37.2. The Morgan fingerprint density at radius 2 is 1.84 bits per heavy atom. The number of ether oxygens (including phenoxy) is 1. The van der Waals surface area contributed by atoms with Crippen molar-refractivity contribution in [3.8, 4) is 0 Å². The van der Waals surface area contributed by atoms with Gasteiger partial charge in [-0.15, -0.1) is 0 Å². The summed E-state index contributed by atoms with van der Waals surface area (Å²) in [5.74, 6) is -1.32. The van der Waals surface area contributed by atoms with Crippen LogP contribution in [-0.4, -0.2) is 28.3 Å². The SMILES string of the molecule is CCOC(=O)Cc1nn(CC(=O)Nc2cc(C(F)(F)F)ccc2Br)c(=O)c2ccccc12. The van der Waals surface area contributed by atoms with Gasteiger partial charge in [0, 0.05) is 9.86 Å². The van der Waals surface area contributed by atoms with Crippen molar-refractivity contribution in [2.24, 2.45) is 0 Å². The number of nitrogens with one attached hydrogen (secondary N) is 1. The smallest absolute Gasteiger partial charge is 0.416 e. The second kappa shape index (κ2) is 9.51. The van der Waals surface area contributed by atoms with Gasteiger partial charge in [-0.3, -0.25) is 14.4 Å². The lowest BCUT2D eigenvalue weighted by molar-refractivity contribution is -0.142. The molecule has 7 nitrogen and oxygen atoms in total. The molecule has 0 saturated heterocycles. The molecule has 3 rings (SSSR count). The standard InChI is InChI=1S/C21H17BrF3N3O4/c1-2-32-19(30)10-16-13-5-3-4-6-14(13)20(31)28(27-16)11-18(29)26-17-9-12(21(23,24)25)7-8-15(17)22/h3-9H,2,10-11H2,1H3,(H,26,29). The van der Waals surface area contributed by atoms with Crippen molar-refractivity contribution in [1.82, 2.24) is 9.78 Å². The molecule has 0 radical (unpaired) electrons. The highest BCUT2D eigenvalue weighted by Gasteiger charge is 2.31. The first-order valence-electron chi connectivity index (χ1n) is 9.41. The Morgan fingerprint density at radius 1 is 1.16 bits per heavy atom. The third-order valence-corrected chi connectivity index (χ3v) is 5.11. The number of benzene rings is 2. The number of carbonyl (C=O) groups is 2. The van der Waals surface area contributed by atoms with Gasteiger partial charge in [0.15, 0.2) is 0 Å². The van der Waals surface area contributed by atoms with Crippen LogP contribution in [0, 0.1) is 0 Å². The van der Waals surface area contributed by atoms with Crippen LogP contribution in [0.3, 0.4) is 0 Å². The number of hydrogen-bond acceptors (Lipinski definition) is 5. The average Bonchev–Trinajstić information content (AvgIpc) is 2.72.